The quantitative estimate of drug-likeness (QED) is 0.590. The van der Waals surface area contributed by atoms with Crippen LogP contribution in [0.25, 0.3) is 11.1 Å². The van der Waals surface area contributed by atoms with Crippen LogP contribution in [0.3, 0.4) is 0 Å². The predicted octanol–water partition coefficient (Wildman–Crippen LogP) is 1.59. The average molecular weight is 466 g/mol. The van der Waals surface area contributed by atoms with Crippen molar-refractivity contribution >= 4 is 18.0 Å². The van der Waals surface area contributed by atoms with Gasteiger partial charge < -0.3 is 29.9 Å². The van der Waals surface area contributed by atoms with E-state index in [-0.39, 0.29) is 44.0 Å². The van der Waals surface area contributed by atoms with E-state index >= 15 is 0 Å². The van der Waals surface area contributed by atoms with Gasteiger partial charge in [0.15, 0.2) is 5.60 Å². The Kier molecular flexibility index (Phi) is 5.75. The van der Waals surface area contributed by atoms with Gasteiger partial charge in [0.25, 0.3) is 5.91 Å². The van der Waals surface area contributed by atoms with E-state index in [0.29, 0.717) is 13.0 Å². The Morgan fingerprint density at radius 3 is 2.29 bits per heavy atom. The van der Waals surface area contributed by atoms with E-state index in [1.165, 1.54) is 4.90 Å². The minimum atomic E-state index is -1.90. The van der Waals surface area contributed by atoms with Crippen LogP contribution in [0.5, 0.6) is 0 Å². The van der Waals surface area contributed by atoms with Gasteiger partial charge in [0, 0.05) is 25.0 Å². The molecule has 9 nitrogen and oxygen atoms in total. The van der Waals surface area contributed by atoms with Gasteiger partial charge in [-0.2, -0.15) is 0 Å². The number of carboxylic acids is 1. The maximum atomic E-state index is 12.7. The summed E-state index contributed by atoms with van der Waals surface area (Å²) in [4.78, 5) is 37.4. The molecule has 2 aromatic rings. The van der Waals surface area contributed by atoms with Gasteiger partial charge in [-0.05, 0) is 28.7 Å². The predicted molar refractivity (Wildman–Crippen MR) is 120 cm³/mol. The van der Waals surface area contributed by atoms with E-state index in [0.717, 1.165) is 22.3 Å². The highest BCUT2D eigenvalue weighted by molar-refractivity contribution is 5.87. The molecule has 5 rings (SSSR count). The Bertz CT molecular complexity index is 1080. The molecule has 0 saturated carbocycles. The molecule has 2 aromatic carbocycles. The normalized spacial score (nSPS) is 22.4. The zero-order chi connectivity index (χ0) is 23.9. The van der Waals surface area contributed by atoms with E-state index in [9.17, 15) is 19.5 Å². The first-order valence-corrected chi connectivity index (χ1v) is 11.3. The summed E-state index contributed by atoms with van der Waals surface area (Å²) in [6.45, 7) is 0.223. The van der Waals surface area contributed by atoms with Crippen LogP contribution in [0.1, 0.15) is 23.5 Å². The van der Waals surface area contributed by atoms with Gasteiger partial charge in [-0.25, -0.2) is 9.59 Å². The Balaban J connectivity index is 1.14. The summed E-state index contributed by atoms with van der Waals surface area (Å²) in [5, 5.41) is 21.6. The molecule has 2 fully saturated rings. The highest BCUT2D eigenvalue weighted by Gasteiger charge is 2.52. The number of amides is 2. The summed E-state index contributed by atoms with van der Waals surface area (Å²) >= 11 is 0. The molecule has 2 amide bonds. The van der Waals surface area contributed by atoms with E-state index in [1.807, 2.05) is 24.3 Å². The Morgan fingerprint density at radius 1 is 1.06 bits per heavy atom. The second-order valence-corrected chi connectivity index (χ2v) is 9.08. The number of carboxylic acid groups (broad SMARTS) is 1. The molecule has 3 N–H and O–H groups in total. The van der Waals surface area contributed by atoms with Crippen molar-refractivity contribution in [2.24, 2.45) is 5.92 Å². The van der Waals surface area contributed by atoms with Gasteiger partial charge in [0.05, 0.1) is 13.1 Å². The number of aliphatic hydroxyl groups is 1. The zero-order valence-electron chi connectivity index (χ0n) is 18.5. The van der Waals surface area contributed by atoms with Crippen molar-refractivity contribution in [3.63, 3.8) is 0 Å². The molecule has 0 unspecified atom stereocenters. The number of benzene rings is 2. The van der Waals surface area contributed by atoms with Gasteiger partial charge in [-0.1, -0.05) is 48.5 Å². The van der Waals surface area contributed by atoms with Gasteiger partial charge in [0.2, 0.25) is 0 Å². The van der Waals surface area contributed by atoms with E-state index in [1.54, 1.807) is 0 Å². The number of nitrogens with zero attached hydrogens (tertiary/aromatic N) is 1. The number of alkyl carbamates (subject to hydrolysis) is 1. The monoisotopic (exact) mass is 466 g/mol. The number of β-amino-alcohol motifs (C(OH)–C–C–N with tert-alkyl or cyclic N) is 1. The van der Waals surface area contributed by atoms with E-state index in [4.69, 9.17) is 14.6 Å². The van der Waals surface area contributed by atoms with Crippen LogP contribution in [-0.4, -0.2) is 77.6 Å². The Morgan fingerprint density at radius 2 is 1.68 bits per heavy atom. The van der Waals surface area contributed by atoms with Crippen LogP contribution in [0.15, 0.2) is 48.5 Å². The molecule has 2 heterocycles. The number of ether oxygens (including phenoxy) is 2. The molecule has 0 spiro atoms. The van der Waals surface area contributed by atoms with Crippen LogP contribution in [0, 0.1) is 5.92 Å². The van der Waals surface area contributed by atoms with Crippen LogP contribution in [0.2, 0.25) is 0 Å². The molecule has 0 bridgehead atoms. The lowest BCUT2D eigenvalue weighted by atomic mass is 9.92. The molecule has 2 saturated heterocycles. The molecule has 9 heteroatoms. The third kappa shape index (κ3) is 3.91. The first-order chi connectivity index (χ1) is 16.4. The lowest BCUT2D eigenvalue weighted by molar-refractivity contribution is -0.185. The highest BCUT2D eigenvalue weighted by Crippen LogP contribution is 2.44. The van der Waals surface area contributed by atoms with Crippen molar-refractivity contribution < 1.29 is 34.1 Å². The molecule has 2 aliphatic heterocycles. The smallest absolute Gasteiger partial charge is 0.407 e. The van der Waals surface area contributed by atoms with E-state index < -0.39 is 23.8 Å². The van der Waals surface area contributed by atoms with Crippen LogP contribution >= 0.6 is 0 Å². The van der Waals surface area contributed by atoms with E-state index in [2.05, 4.69) is 29.6 Å². The van der Waals surface area contributed by atoms with Gasteiger partial charge in [-0.15, -0.1) is 0 Å². The van der Waals surface area contributed by atoms with Crippen molar-refractivity contribution in [2.45, 2.75) is 24.0 Å². The number of rotatable bonds is 6. The number of carbonyl (C=O) groups is 3. The molecule has 0 radical (unpaired) electrons. The van der Waals surface area contributed by atoms with Crippen molar-refractivity contribution in [3.8, 4) is 11.1 Å². The summed E-state index contributed by atoms with van der Waals surface area (Å²) in [5.41, 5.74) is 2.66. The van der Waals surface area contributed by atoms with Crippen LogP contribution in [0.4, 0.5) is 4.79 Å². The summed E-state index contributed by atoms with van der Waals surface area (Å²) in [7, 11) is 0. The third-order valence-corrected chi connectivity index (χ3v) is 6.92. The minimum absolute atomic E-state index is 0.0401. The van der Waals surface area contributed by atoms with Crippen molar-refractivity contribution in [3.05, 3.63) is 59.7 Å². The topological polar surface area (TPSA) is 125 Å². The Labute approximate surface area is 196 Å². The Hall–Kier alpha value is -3.43. The van der Waals surface area contributed by atoms with Gasteiger partial charge >= 0.3 is 12.1 Å². The lowest BCUT2D eigenvalue weighted by Gasteiger charge is -2.44. The maximum Gasteiger partial charge on any atom is 0.407 e. The average Bonchev–Trinajstić information content (AvgIpc) is 3.41. The van der Waals surface area contributed by atoms with Crippen molar-refractivity contribution in [1.29, 1.82) is 0 Å². The number of likely N-dealkylation sites (tertiary alicyclic amines) is 1. The number of fused-ring (bicyclic) bond motifs is 3. The largest absolute Gasteiger partial charge is 0.479 e. The molecule has 3 aliphatic rings. The fourth-order valence-electron chi connectivity index (χ4n) is 5.04. The second kappa shape index (κ2) is 8.73. The molecule has 1 aliphatic carbocycles. The standard InChI is InChI=1S/C25H26N2O7/c28-22(27-13-25(32,14-27)23(29)30)21-15(9-10-33-21)11-26-24(31)34-12-20-18-7-3-1-5-16(18)17-6-2-4-8-19(17)20/h1-8,15,20-21,32H,9-14H2,(H,26,31)(H,29,30)/t15-,21-/m1/s1. The summed E-state index contributed by atoms with van der Waals surface area (Å²) in [5.74, 6) is -2.02. The summed E-state index contributed by atoms with van der Waals surface area (Å²) < 4.78 is 11.1. The SMILES string of the molecule is O=C(NC[C@H]1CCO[C@H]1C(=O)N1CC(O)(C(=O)O)C1)OCC1c2ccccc2-c2ccccc21. The molecular formula is C25H26N2O7. The maximum absolute atomic E-state index is 12.7. The summed E-state index contributed by atoms with van der Waals surface area (Å²) in [6.07, 6.45) is -0.770. The zero-order valence-corrected chi connectivity index (χ0v) is 18.5. The first kappa shape index (κ1) is 22.4. The molecule has 34 heavy (non-hydrogen) atoms. The molecular weight excluding hydrogens is 440 g/mol. The second-order valence-electron chi connectivity index (χ2n) is 9.08. The fourth-order valence-corrected chi connectivity index (χ4v) is 5.04. The molecule has 0 aromatic heterocycles. The van der Waals surface area contributed by atoms with Crippen LogP contribution in [-0.2, 0) is 19.1 Å². The van der Waals surface area contributed by atoms with Crippen molar-refractivity contribution in [1.82, 2.24) is 10.2 Å². The number of hydrogen-bond acceptors (Lipinski definition) is 6. The van der Waals surface area contributed by atoms with Gasteiger partial charge in [-0.3, -0.25) is 4.79 Å². The number of hydrogen-bond donors (Lipinski definition) is 3. The van der Waals surface area contributed by atoms with Crippen LogP contribution < -0.4 is 5.32 Å². The molecule has 178 valence electrons. The molecule has 2 atom stereocenters. The minimum Gasteiger partial charge on any atom is -0.479 e. The summed E-state index contributed by atoms with van der Waals surface area (Å²) in [6, 6.07) is 16.2. The van der Waals surface area contributed by atoms with Gasteiger partial charge in [0.1, 0.15) is 12.7 Å². The lowest BCUT2D eigenvalue weighted by Crippen LogP contribution is -2.69. The fraction of sp³-hybridized carbons (Fsp3) is 0.400. The number of carbonyl (C=O) groups excluding carboxylic acids is 2. The highest BCUT2D eigenvalue weighted by atomic mass is 16.5. The number of nitrogens with one attached hydrogen (secondary N) is 1. The van der Waals surface area contributed by atoms with Crippen molar-refractivity contribution in [2.75, 3.05) is 32.8 Å². The third-order valence-electron chi connectivity index (χ3n) is 6.92. The number of aliphatic carboxylic acids is 1. The first-order valence-electron chi connectivity index (χ1n) is 11.3.